The molecule has 0 aliphatic heterocycles. The van der Waals surface area contributed by atoms with Crippen LogP contribution in [-0.2, 0) is 6.42 Å². The molecule has 0 saturated carbocycles. The number of hydrogen-bond acceptors (Lipinski definition) is 0. The van der Waals surface area contributed by atoms with Crippen LogP contribution in [0, 0.1) is 0 Å². The zero-order valence-corrected chi connectivity index (χ0v) is 25.1. The standard InChI is InChI=1S/C43H29N3/c1-3-13-29(14-4-1)46-39-21-11-8-17-34(39)35-27-28-41-42(43(35)46)36-18-9-12-22-40(36)45(41)31-25-23-30(24-26-31)44-37-19-6-2-5-15-32(37)33-16-7-10-20-38(33)44/h1-18,20-28H,19H2. The van der Waals surface area contributed by atoms with Crippen molar-refractivity contribution in [1.29, 1.82) is 0 Å². The Kier molecular flexibility index (Phi) is 5.34. The molecular formula is C43H29N3. The van der Waals surface area contributed by atoms with E-state index >= 15 is 0 Å². The number of fused-ring (bicyclic) bond motifs is 10. The quantitative estimate of drug-likeness (QED) is 0.195. The predicted octanol–water partition coefficient (Wildman–Crippen LogP) is 11.0. The average molecular weight is 588 g/mol. The van der Waals surface area contributed by atoms with Crippen LogP contribution in [0.15, 0.2) is 158 Å². The molecule has 0 fully saturated rings. The van der Waals surface area contributed by atoms with Gasteiger partial charge in [-0.25, -0.2) is 0 Å². The Morgan fingerprint density at radius 3 is 1.74 bits per heavy atom. The highest BCUT2D eigenvalue weighted by molar-refractivity contribution is 6.26. The molecule has 0 spiro atoms. The molecule has 10 rings (SSSR count). The Hall–Kier alpha value is -6.06. The number of allylic oxidation sites excluding steroid dienone is 3. The molecule has 3 heteroatoms. The van der Waals surface area contributed by atoms with Crippen molar-refractivity contribution in [3.63, 3.8) is 0 Å². The fourth-order valence-electron chi connectivity index (χ4n) is 7.79. The van der Waals surface area contributed by atoms with Crippen LogP contribution in [0.4, 0.5) is 0 Å². The average Bonchev–Trinajstić information content (AvgIpc) is 3.66. The van der Waals surface area contributed by atoms with Crippen LogP contribution in [0.2, 0.25) is 0 Å². The zero-order chi connectivity index (χ0) is 30.2. The molecule has 0 unspecified atom stereocenters. The number of nitrogens with zero attached hydrogens (tertiary/aromatic N) is 3. The van der Waals surface area contributed by atoms with Crippen LogP contribution in [0.3, 0.4) is 0 Å². The van der Waals surface area contributed by atoms with Crippen molar-refractivity contribution in [3.05, 3.63) is 169 Å². The Labute approximate surface area is 266 Å². The van der Waals surface area contributed by atoms with Gasteiger partial charge in [0.2, 0.25) is 0 Å². The first-order valence-electron chi connectivity index (χ1n) is 15.9. The Morgan fingerprint density at radius 1 is 0.391 bits per heavy atom. The molecule has 0 radical (unpaired) electrons. The lowest BCUT2D eigenvalue weighted by atomic mass is 10.1. The van der Waals surface area contributed by atoms with E-state index in [1.807, 2.05) is 0 Å². The molecule has 6 aromatic carbocycles. The van der Waals surface area contributed by atoms with Gasteiger partial charge in [-0.05, 0) is 60.7 Å². The third-order valence-corrected chi connectivity index (χ3v) is 9.69. The maximum absolute atomic E-state index is 2.44. The van der Waals surface area contributed by atoms with Gasteiger partial charge in [-0.15, -0.1) is 0 Å². The summed E-state index contributed by atoms with van der Waals surface area (Å²) in [5.41, 5.74) is 12.3. The van der Waals surface area contributed by atoms with Crippen LogP contribution < -0.4 is 0 Å². The van der Waals surface area contributed by atoms with E-state index in [-0.39, 0.29) is 0 Å². The first-order chi connectivity index (χ1) is 22.9. The van der Waals surface area contributed by atoms with E-state index < -0.39 is 0 Å². The molecule has 3 nitrogen and oxygen atoms in total. The summed E-state index contributed by atoms with van der Waals surface area (Å²) < 4.78 is 7.31. The lowest BCUT2D eigenvalue weighted by Gasteiger charge is -2.13. The van der Waals surface area contributed by atoms with Crippen molar-refractivity contribution in [1.82, 2.24) is 13.7 Å². The van der Waals surface area contributed by atoms with Gasteiger partial charge in [-0.3, -0.25) is 0 Å². The summed E-state index contributed by atoms with van der Waals surface area (Å²) in [6, 6.07) is 50.9. The summed E-state index contributed by atoms with van der Waals surface area (Å²) in [6.45, 7) is 0. The number of aromatic nitrogens is 3. The van der Waals surface area contributed by atoms with E-state index in [9.17, 15) is 0 Å². The second kappa shape index (κ2) is 9.72. The highest BCUT2D eigenvalue weighted by atomic mass is 15.0. The minimum atomic E-state index is 0.900. The van der Waals surface area contributed by atoms with Crippen molar-refractivity contribution in [2.24, 2.45) is 0 Å². The molecule has 0 amide bonds. The molecule has 46 heavy (non-hydrogen) atoms. The van der Waals surface area contributed by atoms with Crippen molar-refractivity contribution in [3.8, 4) is 17.1 Å². The summed E-state index contributed by atoms with van der Waals surface area (Å²) in [5, 5.41) is 6.37. The molecule has 0 saturated heterocycles. The lowest BCUT2D eigenvalue weighted by Crippen LogP contribution is -2.01. The maximum atomic E-state index is 2.44. The van der Waals surface area contributed by atoms with Crippen molar-refractivity contribution >= 4 is 60.6 Å². The third-order valence-electron chi connectivity index (χ3n) is 9.69. The second-order valence-electron chi connectivity index (χ2n) is 12.1. The highest BCUT2D eigenvalue weighted by Gasteiger charge is 2.21. The molecule has 0 atom stereocenters. The molecule has 0 N–H and O–H groups in total. The first kappa shape index (κ1) is 25.3. The molecule has 1 aliphatic carbocycles. The zero-order valence-electron chi connectivity index (χ0n) is 25.1. The van der Waals surface area contributed by atoms with Gasteiger partial charge in [0.05, 0.1) is 27.6 Å². The van der Waals surface area contributed by atoms with Crippen LogP contribution in [0.5, 0.6) is 0 Å². The summed E-state index contributed by atoms with van der Waals surface area (Å²) in [5.74, 6) is 0. The van der Waals surface area contributed by atoms with E-state index in [0.717, 1.165) is 12.1 Å². The van der Waals surface area contributed by atoms with Crippen molar-refractivity contribution in [2.45, 2.75) is 6.42 Å². The molecule has 216 valence electrons. The van der Waals surface area contributed by atoms with Gasteiger partial charge in [0.25, 0.3) is 0 Å². The van der Waals surface area contributed by atoms with Gasteiger partial charge in [0, 0.05) is 61.7 Å². The van der Waals surface area contributed by atoms with E-state index in [1.165, 1.54) is 77.1 Å². The molecule has 0 bridgehead atoms. The molecule has 3 heterocycles. The van der Waals surface area contributed by atoms with E-state index in [2.05, 4.69) is 178 Å². The Morgan fingerprint density at radius 2 is 0.978 bits per heavy atom. The SMILES string of the molecule is C1=CCc2c(c3ccccc3n2-c2ccc(-n3c4ccccc4c4c3ccc3c5ccccc5n(-c5ccccc5)c34)cc2)C=C1. The molecular weight excluding hydrogens is 558 g/mol. The number of benzene rings is 6. The van der Waals surface area contributed by atoms with Gasteiger partial charge in [0.1, 0.15) is 0 Å². The van der Waals surface area contributed by atoms with E-state index in [1.54, 1.807) is 0 Å². The first-order valence-corrected chi connectivity index (χ1v) is 15.9. The fraction of sp³-hybridized carbons (Fsp3) is 0.0233. The highest BCUT2D eigenvalue weighted by Crippen LogP contribution is 2.42. The summed E-state index contributed by atoms with van der Waals surface area (Å²) >= 11 is 0. The van der Waals surface area contributed by atoms with Gasteiger partial charge < -0.3 is 13.7 Å². The van der Waals surface area contributed by atoms with Crippen LogP contribution in [0.1, 0.15) is 11.3 Å². The van der Waals surface area contributed by atoms with Crippen LogP contribution in [-0.4, -0.2) is 13.7 Å². The maximum Gasteiger partial charge on any atom is 0.0641 e. The summed E-state index contributed by atoms with van der Waals surface area (Å²) in [4.78, 5) is 0. The van der Waals surface area contributed by atoms with Gasteiger partial charge in [0.15, 0.2) is 0 Å². The van der Waals surface area contributed by atoms with Crippen molar-refractivity contribution in [2.75, 3.05) is 0 Å². The molecule has 3 aromatic heterocycles. The minimum Gasteiger partial charge on any atom is -0.313 e. The topological polar surface area (TPSA) is 14.8 Å². The second-order valence-corrected chi connectivity index (χ2v) is 12.1. The monoisotopic (exact) mass is 587 g/mol. The van der Waals surface area contributed by atoms with Crippen molar-refractivity contribution < 1.29 is 0 Å². The number of para-hydroxylation sites is 4. The predicted molar refractivity (Wildman–Crippen MR) is 194 cm³/mol. The van der Waals surface area contributed by atoms with Crippen LogP contribution >= 0.6 is 0 Å². The Bertz CT molecular complexity index is 2690. The van der Waals surface area contributed by atoms with E-state index in [0.29, 0.717) is 0 Å². The largest absolute Gasteiger partial charge is 0.313 e. The van der Waals surface area contributed by atoms with Gasteiger partial charge in [-0.1, -0.05) is 103 Å². The van der Waals surface area contributed by atoms with Gasteiger partial charge >= 0.3 is 0 Å². The summed E-state index contributed by atoms with van der Waals surface area (Å²) in [7, 11) is 0. The van der Waals surface area contributed by atoms with Crippen LogP contribution in [0.25, 0.3) is 77.7 Å². The number of rotatable bonds is 3. The third kappa shape index (κ3) is 3.48. The fourth-order valence-corrected chi connectivity index (χ4v) is 7.79. The normalized spacial score (nSPS) is 13.0. The summed E-state index contributed by atoms with van der Waals surface area (Å²) in [6.07, 6.45) is 9.71. The molecule has 9 aromatic rings. The number of hydrogen-bond donors (Lipinski definition) is 0. The Balaban J connectivity index is 1.24. The lowest BCUT2D eigenvalue weighted by molar-refractivity contribution is 1.000. The minimum absolute atomic E-state index is 0.900. The van der Waals surface area contributed by atoms with E-state index in [4.69, 9.17) is 0 Å². The molecule has 1 aliphatic rings. The van der Waals surface area contributed by atoms with Gasteiger partial charge in [-0.2, -0.15) is 0 Å². The smallest absolute Gasteiger partial charge is 0.0641 e.